The molecule has 3 aromatic rings. The van der Waals surface area contributed by atoms with Gasteiger partial charge in [-0.2, -0.15) is 0 Å². The summed E-state index contributed by atoms with van der Waals surface area (Å²) in [5.41, 5.74) is 3.35. The molecule has 5 rings (SSSR count). The molecule has 222 valence electrons. The molecule has 1 aliphatic carbocycles. The summed E-state index contributed by atoms with van der Waals surface area (Å²) in [6.07, 6.45) is 3.88. The normalized spacial score (nSPS) is 21.2. The molecule has 0 radical (unpaired) electrons. The third-order valence-corrected chi connectivity index (χ3v) is 8.41. The average Bonchev–Trinajstić information content (AvgIpc) is 3.28. The fourth-order valence-electron chi connectivity index (χ4n) is 6.37. The van der Waals surface area contributed by atoms with Crippen molar-refractivity contribution in [3.05, 3.63) is 105 Å². The number of aliphatic hydroxyl groups is 2. The molecule has 4 atom stereocenters. The molecule has 10 heteroatoms. The number of anilines is 1. The number of aromatic nitrogens is 1. The van der Waals surface area contributed by atoms with E-state index >= 15 is 0 Å². The number of para-hydroxylation sites is 1. The van der Waals surface area contributed by atoms with Gasteiger partial charge in [-0.25, -0.2) is 4.90 Å². The Morgan fingerprint density at radius 1 is 1.12 bits per heavy atom. The summed E-state index contributed by atoms with van der Waals surface area (Å²) in [6, 6.07) is 17.8. The predicted molar refractivity (Wildman–Crippen MR) is 161 cm³/mol. The first-order chi connectivity index (χ1) is 20.7. The number of amides is 2. The summed E-state index contributed by atoms with van der Waals surface area (Å²) in [5, 5.41) is 43.8. The Balaban J connectivity index is 1.44. The number of imide groups is 1. The largest absolute Gasteiger partial charge is 0.507 e. The topological polar surface area (TPSA) is 154 Å². The van der Waals surface area contributed by atoms with E-state index < -0.39 is 47.2 Å². The van der Waals surface area contributed by atoms with Crippen LogP contribution in [-0.4, -0.2) is 49.8 Å². The number of allylic oxidation sites excluding steroid dienone is 2. The van der Waals surface area contributed by atoms with E-state index in [1.54, 1.807) is 30.5 Å². The monoisotopic (exact) mass is 583 g/mol. The number of phenolic OH excluding ortho intramolecular Hbond substituents is 1. The van der Waals surface area contributed by atoms with Crippen LogP contribution in [0.4, 0.5) is 11.4 Å². The van der Waals surface area contributed by atoms with Crippen LogP contribution in [0, 0.1) is 27.9 Å². The van der Waals surface area contributed by atoms with Gasteiger partial charge in [0.05, 0.1) is 40.9 Å². The summed E-state index contributed by atoms with van der Waals surface area (Å²) >= 11 is 0. The van der Waals surface area contributed by atoms with Gasteiger partial charge in [-0.1, -0.05) is 42.8 Å². The molecule has 2 aromatic carbocycles. The molecule has 3 N–H and O–H groups in total. The molecular weight excluding hydrogens is 550 g/mol. The first kappa shape index (κ1) is 29.8. The number of aliphatic hydroxyl groups excluding tert-OH is 2. The lowest BCUT2D eigenvalue weighted by Crippen LogP contribution is -2.39. The van der Waals surface area contributed by atoms with Gasteiger partial charge in [-0.15, -0.1) is 0 Å². The Labute approximate surface area is 248 Å². The van der Waals surface area contributed by atoms with E-state index in [4.69, 9.17) is 0 Å². The maximum Gasteiger partial charge on any atom is 0.271 e. The van der Waals surface area contributed by atoms with E-state index in [2.05, 4.69) is 4.98 Å². The van der Waals surface area contributed by atoms with Gasteiger partial charge in [0.2, 0.25) is 11.8 Å². The van der Waals surface area contributed by atoms with Gasteiger partial charge in [-0.05, 0) is 67.2 Å². The van der Waals surface area contributed by atoms with Gasteiger partial charge >= 0.3 is 0 Å². The van der Waals surface area contributed by atoms with Crippen molar-refractivity contribution in [3.8, 4) is 5.75 Å². The Bertz CT molecular complexity index is 1600. The highest BCUT2D eigenvalue weighted by molar-refractivity contribution is 6.22. The molecule has 0 spiro atoms. The van der Waals surface area contributed by atoms with Gasteiger partial charge in [0, 0.05) is 29.8 Å². The van der Waals surface area contributed by atoms with Crippen molar-refractivity contribution in [1.29, 1.82) is 0 Å². The average molecular weight is 584 g/mol. The lowest BCUT2D eigenvalue weighted by Gasteiger charge is -2.36. The minimum Gasteiger partial charge on any atom is -0.507 e. The Hall–Kier alpha value is -4.67. The predicted octanol–water partition coefficient (Wildman–Crippen LogP) is 4.90. The van der Waals surface area contributed by atoms with Crippen LogP contribution in [0.2, 0.25) is 0 Å². The molecular formula is C33H33N3O7. The minimum atomic E-state index is -1.01. The summed E-state index contributed by atoms with van der Waals surface area (Å²) in [4.78, 5) is 43.5. The van der Waals surface area contributed by atoms with E-state index in [1.165, 1.54) is 24.3 Å². The number of benzene rings is 2. The number of hydrogen-bond acceptors (Lipinski definition) is 8. The Morgan fingerprint density at radius 2 is 1.88 bits per heavy atom. The molecule has 1 saturated heterocycles. The molecule has 2 heterocycles. The summed E-state index contributed by atoms with van der Waals surface area (Å²) in [5.74, 6) is -3.31. The second-order valence-electron chi connectivity index (χ2n) is 10.8. The Kier molecular flexibility index (Phi) is 8.79. The Morgan fingerprint density at radius 3 is 2.56 bits per heavy atom. The van der Waals surface area contributed by atoms with Crippen molar-refractivity contribution >= 4 is 34.8 Å². The van der Waals surface area contributed by atoms with Crippen molar-refractivity contribution in [1.82, 2.24) is 4.98 Å². The van der Waals surface area contributed by atoms with Crippen LogP contribution in [0.1, 0.15) is 43.9 Å². The molecule has 0 saturated carbocycles. The lowest BCUT2D eigenvalue weighted by molar-refractivity contribution is -0.384. The van der Waals surface area contributed by atoms with Crippen molar-refractivity contribution in [2.75, 3.05) is 11.5 Å². The molecule has 1 aromatic heterocycles. The minimum absolute atomic E-state index is 0.115. The van der Waals surface area contributed by atoms with Crippen LogP contribution in [0.15, 0.2) is 84.1 Å². The van der Waals surface area contributed by atoms with Gasteiger partial charge in [0.25, 0.3) is 5.69 Å². The first-order valence-corrected chi connectivity index (χ1v) is 14.3. The highest BCUT2D eigenvalue weighted by atomic mass is 16.6. The smallest absolute Gasteiger partial charge is 0.271 e. The number of nitrogens with zero attached hydrogens (tertiary/aromatic N) is 3. The number of nitro benzene ring substituents is 1. The molecule has 0 unspecified atom stereocenters. The number of phenols is 1. The quantitative estimate of drug-likeness (QED) is 0.132. The van der Waals surface area contributed by atoms with Gasteiger partial charge in [0.1, 0.15) is 5.75 Å². The van der Waals surface area contributed by atoms with Gasteiger partial charge in [-0.3, -0.25) is 24.7 Å². The summed E-state index contributed by atoms with van der Waals surface area (Å²) in [6.45, 7) is 1.47. The van der Waals surface area contributed by atoms with E-state index in [9.17, 15) is 35.0 Å². The van der Waals surface area contributed by atoms with Crippen molar-refractivity contribution in [2.24, 2.45) is 17.8 Å². The fraction of sp³-hybridized carbons (Fsp3) is 0.303. The second kappa shape index (κ2) is 12.7. The van der Waals surface area contributed by atoms with Gasteiger partial charge in [0.15, 0.2) is 0 Å². The number of hydrogen-bond donors (Lipinski definition) is 3. The third kappa shape index (κ3) is 5.84. The number of pyridine rings is 1. The summed E-state index contributed by atoms with van der Waals surface area (Å²) in [7, 11) is 0. The fourth-order valence-corrected chi connectivity index (χ4v) is 6.37. The molecule has 2 aliphatic rings. The van der Waals surface area contributed by atoms with Crippen LogP contribution in [0.25, 0.3) is 11.6 Å². The summed E-state index contributed by atoms with van der Waals surface area (Å²) < 4.78 is 0. The third-order valence-electron chi connectivity index (χ3n) is 8.41. The molecule has 1 aliphatic heterocycles. The number of nitro groups is 1. The molecule has 0 bridgehead atoms. The number of aromatic hydroxyl groups is 1. The molecule has 43 heavy (non-hydrogen) atoms. The van der Waals surface area contributed by atoms with Crippen molar-refractivity contribution in [3.63, 3.8) is 0 Å². The van der Waals surface area contributed by atoms with Crippen molar-refractivity contribution in [2.45, 2.75) is 38.7 Å². The highest BCUT2D eigenvalue weighted by Gasteiger charge is 2.55. The zero-order valence-electron chi connectivity index (χ0n) is 23.7. The zero-order valence-corrected chi connectivity index (χ0v) is 23.7. The lowest BCUT2D eigenvalue weighted by atomic mass is 9.67. The number of fused-ring (bicyclic) bond motifs is 1. The first-order valence-electron chi connectivity index (χ1n) is 14.3. The van der Waals surface area contributed by atoms with Crippen LogP contribution in [0.5, 0.6) is 5.75 Å². The molecule has 10 nitrogen and oxygen atoms in total. The number of non-ortho nitro benzene ring substituents is 1. The SMILES string of the molecule is CCC1=C([C@H](O)CC/C(=C/c2ccccc2O)c2ccccn2)[C@H](CO)[C@@H]2C(=O)N(c3cccc([N+](=O)[O-])c3)C(=O)[C@@H]2C1. The van der Waals surface area contributed by atoms with Gasteiger partial charge < -0.3 is 15.3 Å². The van der Waals surface area contributed by atoms with E-state index in [0.29, 0.717) is 29.7 Å². The van der Waals surface area contributed by atoms with E-state index in [1.807, 2.05) is 31.2 Å². The molecule has 1 fully saturated rings. The van der Waals surface area contributed by atoms with E-state index in [-0.39, 0.29) is 30.0 Å². The van der Waals surface area contributed by atoms with Crippen LogP contribution in [-0.2, 0) is 9.59 Å². The number of carbonyl (C=O) groups is 2. The van der Waals surface area contributed by atoms with Crippen LogP contribution < -0.4 is 4.90 Å². The van der Waals surface area contributed by atoms with Crippen molar-refractivity contribution < 1.29 is 29.8 Å². The highest BCUT2D eigenvalue weighted by Crippen LogP contribution is 2.48. The maximum atomic E-state index is 13.7. The zero-order chi connectivity index (χ0) is 30.7. The number of rotatable bonds is 10. The van der Waals surface area contributed by atoms with Crippen LogP contribution >= 0.6 is 0 Å². The standard InChI is InChI=1S/C33H33N3O7/c1-2-20-17-25-31(33(41)35(32(25)40)23-9-7-10-24(18-23)36(42)43)26(19-37)30(20)29(39)14-13-21(27-11-5-6-15-34-27)16-22-8-3-4-12-28(22)38/h3-12,15-16,18,25-26,29,31,37-39H,2,13-14,17,19H2,1H3/b21-16-/t25-,26+,29-,31-/m1/s1. The maximum absolute atomic E-state index is 13.7. The second-order valence-corrected chi connectivity index (χ2v) is 10.8. The van der Waals surface area contributed by atoms with Crippen LogP contribution in [0.3, 0.4) is 0 Å². The number of carbonyl (C=O) groups excluding carboxylic acids is 2. The van der Waals surface area contributed by atoms with E-state index in [0.717, 1.165) is 16.0 Å². The molecule has 2 amide bonds.